The second-order valence-electron chi connectivity index (χ2n) is 7.62. The predicted octanol–water partition coefficient (Wildman–Crippen LogP) is 6.17. The van der Waals surface area contributed by atoms with Crippen LogP contribution in [-0.2, 0) is 9.59 Å². The summed E-state index contributed by atoms with van der Waals surface area (Å²) >= 11 is 12.3. The van der Waals surface area contributed by atoms with Gasteiger partial charge in [0.2, 0.25) is 0 Å². The Morgan fingerprint density at radius 1 is 1.00 bits per heavy atom. The SMILES string of the molecule is CCOc1ccc(Cl)c(/C(O)=C2\C(=O)C(=O)N(c3ccc(F)c(Cl)c3)C2c2ccc(OC)cc2)c1. The number of carbonyl (C=O) groups is 2. The van der Waals surface area contributed by atoms with Crippen molar-refractivity contribution in [2.75, 3.05) is 18.6 Å². The van der Waals surface area contributed by atoms with E-state index in [0.29, 0.717) is 23.7 Å². The molecule has 1 aliphatic rings. The van der Waals surface area contributed by atoms with Gasteiger partial charge >= 0.3 is 0 Å². The average Bonchev–Trinajstić information content (AvgIpc) is 3.12. The molecule has 1 N–H and O–H groups in total. The molecule has 1 heterocycles. The fraction of sp³-hybridized carbons (Fsp3) is 0.154. The number of methoxy groups -OCH3 is 1. The molecule has 3 aromatic rings. The van der Waals surface area contributed by atoms with Gasteiger partial charge in [-0.05, 0) is 61.0 Å². The van der Waals surface area contributed by atoms with Crippen molar-refractivity contribution < 1.29 is 28.6 Å². The smallest absolute Gasteiger partial charge is 0.300 e. The van der Waals surface area contributed by atoms with E-state index in [1.807, 2.05) is 0 Å². The third-order valence-electron chi connectivity index (χ3n) is 5.56. The number of nitrogens with zero attached hydrogens (tertiary/aromatic N) is 1. The molecule has 1 atom stereocenters. The molecule has 0 spiro atoms. The standard InChI is InChI=1S/C26H20Cl2FNO5/c1-3-35-17-9-10-19(27)18(13-17)24(31)22-23(14-4-7-16(34-2)8-5-14)30(26(33)25(22)32)15-6-11-21(29)20(28)12-15/h4-13,23,31H,3H2,1-2H3/b24-22+. The van der Waals surface area contributed by atoms with Crippen molar-refractivity contribution in [3.05, 3.63) is 93.2 Å². The molecule has 1 unspecified atom stereocenters. The molecule has 0 aliphatic carbocycles. The lowest BCUT2D eigenvalue weighted by Gasteiger charge is -2.26. The molecule has 9 heteroatoms. The Kier molecular flexibility index (Phi) is 7.00. The molecule has 1 aliphatic heterocycles. The van der Waals surface area contributed by atoms with Crippen LogP contribution in [0.4, 0.5) is 10.1 Å². The molecule has 180 valence electrons. The Labute approximate surface area is 211 Å². The van der Waals surface area contributed by atoms with E-state index < -0.39 is 29.3 Å². The minimum atomic E-state index is -1.05. The molecular formula is C26H20Cl2FNO5. The van der Waals surface area contributed by atoms with Crippen LogP contribution in [0.1, 0.15) is 24.1 Å². The lowest BCUT2D eigenvalue weighted by Crippen LogP contribution is -2.29. The molecular weight excluding hydrogens is 496 g/mol. The van der Waals surface area contributed by atoms with E-state index in [-0.39, 0.29) is 26.9 Å². The van der Waals surface area contributed by atoms with Crippen LogP contribution in [0.3, 0.4) is 0 Å². The number of rotatable bonds is 6. The van der Waals surface area contributed by atoms with Crippen LogP contribution >= 0.6 is 23.2 Å². The fourth-order valence-electron chi connectivity index (χ4n) is 3.92. The van der Waals surface area contributed by atoms with E-state index in [0.717, 1.165) is 6.07 Å². The van der Waals surface area contributed by atoms with Crippen LogP contribution < -0.4 is 14.4 Å². The highest BCUT2D eigenvalue weighted by atomic mass is 35.5. The van der Waals surface area contributed by atoms with Gasteiger partial charge in [0.1, 0.15) is 23.1 Å². The number of hydrogen-bond donors (Lipinski definition) is 1. The summed E-state index contributed by atoms with van der Waals surface area (Å²) in [5.74, 6) is -1.99. The lowest BCUT2D eigenvalue weighted by atomic mass is 9.95. The second-order valence-corrected chi connectivity index (χ2v) is 8.43. The maximum absolute atomic E-state index is 13.8. The Morgan fingerprint density at radius 2 is 1.69 bits per heavy atom. The third-order valence-corrected chi connectivity index (χ3v) is 6.18. The van der Waals surface area contributed by atoms with Gasteiger partial charge in [0.05, 0.1) is 35.4 Å². The summed E-state index contributed by atoms with van der Waals surface area (Å²) in [7, 11) is 1.51. The van der Waals surface area contributed by atoms with Gasteiger partial charge in [0, 0.05) is 11.3 Å². The van der Waals surface area contributed by atoms with Gasteiger partial charge in [-0.15, -0.1) is 0 Å². The number of anilines is 1. The normalized spacial score (nSPS) is 17.1. The summed E-state index contributed by atoms with van der Waals surface area (Å²) in [6.45, 7) is 2.18. The first kappa shape index (κ1) is 24.6. The van der Waals surface area contributed by atoms with Crippen LogP contribution in [0.25, 0.3) is 5.76 Å². The van der Waals surface area contributed by atoms with Gasteiger partial charge in [-0.2, -0.15) is 0 Å². The zero-order valence-electron chi connectivity index (χ0n) is 18.7. The van der Waals surface area contributed by atoms with Gasteiger partial charge in [-0.25, -0.2) is 4.39 Å². The van der Waals surface area contributed by atoms with Crippen LogP contribution in [0.2, 0.25) is 10.0 Å². The summed E-state index contributed by atoms with van der Waals surface area (Å²) < 4.78 is 24.5. The van der Waals surface area contributed by atoms with E-state index in [2.05, 4.69) is 0 Å². The summed E-state index contributed by atoms with van der Waals surface area (Å²) in [6, 6.07) is 14.0. The number of carbonyl (C=O) groups excluding carboxylic acids is 2. The maximum Gasteiger partial charge on any atom is 0.300 e. The Bertz CT molecular complexity index is 1340. The van der Waals surface area contributed by atoms with Crippen LogP contribution in [-0.4, -0.2) is 30.5 Å². The molecule has 0 aromatic heterocycles. The largest absolute Gasteiger partial charge is 0.507 e. The van der Waals surface area contributed by atoms with Crippen molar-refractivity contribution in [1.29, 1.82) is 0 Å². The van der Waals surface area contributed by atoms with Gasteiger partial charge in [0.25, 0.3) is 11.7 Å². The average molecular weight is 516 g/mol. The number of aliphatic hydroxyl groups is 1. The second kappa shape index (κ2) is 9.98. The quantitative estimate of drug-likeness (QED) is 0.241. The number of ether oxygens (including phenoxy) is 2. The Balaban J connectivity index is 1.95. The monoisotopic (exact) mass is 515 g/mol. The van der Waals surface area contributed by atoms with Crippen molar-refractivity contribution in [3.8, 4) is 11.5 Å². The van der Waals surface area contributed by atoms with Crippen LogP contribution in [0.15, 0.2) is 66.2 Å². The highest BCUT2D eigenvalue weighted by molar-refractivity contribution is 6.52. The molecule has 0 saturated carbocycles. The zero-order chi connectivity index (χ0) is 25.3. The number of Topliss-reactive ketones (excluding diaryl/α,β-unsaturated/α-hetero) is 1. The first-order chi connectivity index (χ1) is 16.8. The van der Waals surface area contributed by atoms with Gasteiger partial charge in [-0.1, -0.05) is 35.3 Å². The molecule has 4 rings (SSSR count). The van der Waals surface area contributed by atoms with Gasteiger partial charge < -0.3 is 14.6 Å². The van der Waals surface area contributed by atoms with Crippen molar-refractivity contribution >= 4 is 46.3 Å². The van der Waals surface area contributed by atoms with Crippen molar-refractivity contribution in [2.45, 2.75) is 13.0 Å². The van der Waals surface area contributed by atoms with E-state index in [1.165, 1.54) is 36.3 Å². The Morgan fingerprint density at radius 3 is 2.31 bits per heavy atom. The highest BCUT2D eigenvalue weighted by Gasteiger charge is 2.47. The molecule has 0 bridgehead atoms. The molecule has 35 heavy (non-hydrogen) atoms. The maximum atomic E-state index is 13.8. The summed E-state index contributed by atoms with van der Waals surface area (Å²) in [5, 5.41) is 11.3. The van der Waals surface area contributed by atoms with E-state index in [9.17, 15) is 19.1 Å². The van der Waals surface area contributed by atoms with Crippen LogP contribution in [0, 0.1) is 5.82 Å². The van der Waals surface area contributed by atoms with E-state index in [1.54, 1.807) is 37.3 Å². The molecule has 0 radical (unpaired) electrons. The van der Waals surface area contributed by atoms with Crippen LogP contribution in [0.5, 0.6) is 11.5 Å². The first-order valence-electron chi connectivity index (χ1n) is 10.6. The van der Waals surface area contributed by atoms with Crippen molar-refractivity contribution in [3.63, 3.8) is 0 Å². The number of hydrogen-bond acceptors (Lipinski definition) is 5. The highest BCUT2D eigenvalue weighted by Crippen LogP contribution is 2.44. The zero-order valence-corrected chi connectivity index (χ0v) is 20.2. The predicted molar refractivity (Wildman–Crippen MR) is 132 cm³/mol. The topological polar surface area (TPSA) is 76.1 Å². The summed E-state index contributed by atoms with van der Waals surface area (Å²) in [4.78, 5) is 27.7. The number of aliphatic hydroxyl groups excluding tert-OH is 1. The third kappa shape index (κ3) is 4.57. The molecule has 1 amide bonds. The van der Waals surface area contributed by atoms with E-state index >= 15 is 0 Å². The molecule has 3 aromatic carbocycles. The Hall–Kier alpha value is -3.55. The minimum Gasteiger partial charge on any atom is -0.507 e. The molecule has 1 fully saturated rings. The van der Waals surface area contributed by atoms with Gasteiger partial charge in [-0.3, -0.25) is 14.5 Å². The van der Waals surface area contributed by atoms with Crippen molar-refractivity contribution in [2.24, 2.45) is 0 Å². The number of amides is 1. The first-order valence-corrected chi connectivity index (χ1v) is 11.3. The van der Waals surface area contributed by atoms with E-state index in [4.69, 9.17) is 32.7 Å². The fourth-order valence-corrected chi connectivity index (χ4v) is 4.30. The van der Waals surface area contributed by atoms with Crippen molar-refractivity contribution in [1.82, 2.24) is 0 Å². The summed E-state index contributed by atoms with van der Waals surface area (Å²) in [6.07, 6.45) is 0. The molecule has 6 nitrogen and oxygen atoms in total. The lowest BCUT2D eigenvalue weighted by molar-refractivity contribution is -0.132. The molecule has 1 saturated heterocycles. The minimum absolute atomic E-state index is 0.131. The number of halogens is 3. The summed E-state index contributed by atoms with van der Waals surface area (Å²) in [5.41, 5.74) is 0.638. The number of ketones is 1. The van der Waals surface area contributed by atoms with Gasteiger partial charge in [0.15, 0.2) is 0 Å². The number of benzene rings is 3.